The van der Waals surface area contributed by atoms with Crippen LogP contribution in [0.1, 0.15) is 27.2 Å². The molecule has 3 aromatic heterocycles. The summed E-state index contributed by atoms with van der Waals surface area (Å²) in [6.45, 7) is 8.27. The third-order valence-corrected chi connectivity index (χ3v) is 5.84. The van der Waals surface area contributed by atoms with Crippen molar-refractivity contribution in [3.63, 3.8) is 0 Å². The van der Waals surface area contributed by atoms with Gasteiger partial charge in [0, 0.05) is 54.4 Å². The van der Waals surface area contributed by atoms with Crippen LogP contribution in [0, 0.1) is 0 Å². The van der Waals surface area contributed by atoms with E-state index in [0.29, 0.717) is 23.2 Å². The zero-order valence-corrected chi connectivity index (χ0v) is 21.8. The largest absolute Gasteiger partial charge is 0.507 e. The van der Waals surface area contributed by atoms with Crippen LogP contribution >= 0.6 is 24.8 Å². The Morgan fingerprint density at radius 1 is 1.00 bits per heavy atom. The molecule has 1 unspecified atom stereocenters. The van der Waals surface area contributed by atoms with E-state index in [9.17, 15) is 5.11 Å². The number of hydrogen-bond acceptors (Lipinski definition) is 8. The fourth-order valence-corrected chi connectivity index (χ4v) is 4.34. The topological polar surface area (TPSA) is 105 Å². The van der Waals surface area contributed by atoms with E-state index in [1.54, 1.807) is 29.3 Å². The van der Waals surface area contributed by atoms with Gasteiger partial charge in [0.25, 0.3) is 0 Å². The summed E-state index contributed by atoms with van der Waals surface area (Å²) in [5, 5.41) is 28.2. The summed E-state index contributed by atoms with van der Waals surface area (Å²) in [4.78, 5) is 11.1. The molecule has 1 saturated heterocycles. The van der Waals surface area contributed by atoms with Crippen molar-refractivity contribution < 1.29 is 5.11 Å². The molecule has 2 N–H and O–H groups in total. The van der Waals surface area contributed by atoms with E-state index in [-0.39, 0.29) is 36.1 Å². The van der Waals surface area contributed by atoms with E-state index in [1.807, 2.05) is 25.2 Å². The summed E-state index contributed by atoms with van der Waals surface area (Å²) < 4.78 is 1.73. The van der Waals surface area contributed by atoms with Crippen LogP contribution in [-0.2, 0) is 7.05 Å². The first-order valence-electron chi connectivity index (χ1n) is 11.1. The number of pyridine rings is 1. The number of aromatic hydroxyl groups is 1. The Morgan fingerprint density at radius 3 is 2.49 bits per heavy atom. The minimum atomic E-state index is 0. The molecule has 0 aliphatic carbocycles. The van der Waals surface area contributed by atoms with Crippen molar-refractivity contribution in [2.24, 2.45) is 7.05 Å². The molecule has 0 bridgehead atoms. The maximum Gasteiger partial charge on any atom is 0.245 e. The molecule has 1 atom stereocenters. The fraction of sp³-hybridized carbons (Fsp3) is 0.375. The van der Waals surface area contributed by atoms with Crippen molar-refractivity contribution in [1.29, 1.82) is 0 Å². The summed E-state index contributed by atoms with van der Waals surface area (Å²) in [6, 6.07) is 7.91. The Hall–Kier alpha value is -3.01. The highest BCUT2D eigenvalue weighted by Crippen LogP contribution is 2.33. The molecule has 5 rings (SSSR count). The molecule has 4 heterocycles. The smallest absolute Gasteiger partial charge is 0.245 e. The molecule has 1 aromatic carbocycles. The van der Waals surface area contributed by atoms with Gasteiger partial charge < -0.3 is 15.3 Å². The Bertz CT molecular complexity index is 1300. The van der Waals surface area contributed by atoms with Crippen LogP contribution in [0.25, 0.3) is 33.4 Å². The quantitative estimate of drug-likeness (QED) is 0.419. The second-order valence-corrected chi connectivity index (χ2v) is 9.61. The van der Waals surface area contributed by atoms with Gasteiger partial charge in [-0.05, 0) is 51.0 Å². The van der Waals surface area contributed by atoms with E-state index in [2.05, 4.69) is 56.3 Å². The number of benzene rings is 1. The van der Waals surface area contributed by atoms with Gasteiger partial charge in [-0.3, -0.25) is 4.68 Å². The highest BCUT2D eigenvalue weighted by Gasteiger charge is 2.27. The van der Waals surface area contributed by atoms with Crippen LogP contribution in [0.4, 0.5) is 5.95 Å². The number of rotatable bonds is 4. The minimum absolute atomic E-state index is 0. The molecule has 0 radical (unpaired) electrons. The number of anilines is 1. The van der Waals surface area contributed by atoms with Crippen molar-refractivity contribution in [2.75, 3.05) is 18.0 Å². The molecule has 186 valence electrons. The first kappa shape index (κ1) is 26.6. The molecule has 1 fully saturated rings. The molecular weight excluding hydrogens is 487 g/mol. The normalized spacial score (nSPS) is 15.7. The second-order valence-electron chi connectivity index (χ2n) is 9.61. The van der Waals surface area contributed by atoms with Crippen LogP contribution in [0.3, 0.4) is 0 Å². The number of phenols is 1. The lowest BCUT2D eigenvalue weighted by Gasteiger charge is -2.25. The van der Waals surface area contributed by atoms with E-state index in [1.165, 1.54) is 0 Å². The number of aryl methyl sites for hydroxylation is 1. The molecule has 35 heavy (non-hydrogen) atoms. The number of halogens is 2. The SMILES string of the molecule is Cl.Cl.Cn1ncc2cc(-c3ccc(-c4cnc(N5CCC(NC(C)(C)C)C5)nn4)c(O)c3)cnc21. The monoisotopic (exact) mass is 516 g/mol. The molecule has 11 heteroatoms. The van der Waals surface area contributed by atoms with E-state index in [4.69, 9.17) is 0 Å². The second kappa shape index (κ2) is 10.3. The number of fused-ring (bicyclic) bond motifs is 1. The first-order valence-corrected chi connectivity index (χ1v) is 11.1. The Balaban J connectivity index is 0.00000171. The summed E-state index contributed by atoms with van der Waals surface area (Å²) in [5.74, 6) is 0.738. The van der Waals surface area contributed by atoms with Crippen molar-refractivity contribution in [3.8, 4) is 28.1 Å². The highest BCUT2D eigenvalue weighted by molar-refractivity contribution is 5.85. The summed E-state index contributed by atoms with van der Waals surface area (Å²) >= 11 is 0. The Morgan fingerprint density at radius 2 is 1.80 bits per heavy atom. The van der Waals surface area contributed by atoms with E-state index in [0.717, 1.165) is 41.7 Å². The van der Waals surface area contributed by atoms with Crippen molar-refractivity contribution in [2.45, 2.75) is 38.8 Å². The zero-order chi connectivity index (χ0) is 23.2. The number of aromatic nitrogens is 6. The van der Waals surface area contributed by atoms with Gasteiger partial charge in [-0.2, -0.15) is 5.10 Å². The summed E-state index contributed by atoms with van der Waals surface area (Å²) in [6.07, 6.45) is 6.28. The average Bonchev–Trinajstić information content (AvgIpc) is 3.39. The Kier molecular flexibility index (Phi) is 7.83. The summed E-state index contributed by atoms with van der Waals surface area (Å²) in [5.41, 5.74) is 3.79. The predicted molar refractivity (Wildman–Crippen MR) is 142 cm³/mol. The van der Waals surface area contributed by atoms with Gasteiger partial charge in [-0.15, -0.1) is 35.0 Å². The molecule has 9 nitrogen and oxygen atoms in total. The van der Waals surface area contributed by atoms with E-state index < -0.39 is 0 Å². The lowest BCUT2D eigenvalue weighted by Crippen LogP contribution is -2.45. The average molecular weight is 517 g/mol. The molecule has 0 spiro atoms. The standard InChI is InChI=1S/C24H28N8O.2ClH/c1-24(2,3)28-18-7-8-32(14-18)23-26-13-20(29-30-23)19-6-5-15(10-21(19)33)16-9-17-12-27-31(4)22(17)25-11-16;;/h5-6,9-13,18,28,33H,7-8,14H2,1-4H3;2*1H. The van der Waals surface area contributed by atoms with Gasteiger partial charge >= 0.3 is 0 Å². The lowest BCUT2D eigenvalue weighted by molar-refractivity contribution is 0.373. The highest BCUT2D eigenvalue weighted by atomic mass is 35.5. The molecule has 1 aliphatic heterocycles. The van der Waals surface area contributed by atoms with Crippen LogP contribution in [0.5, 0.6) is 5.75 Å². The van der Waals surface area contributed by atoms with Gasteiger partial charge in [0.1, 0.15) is 11.4 Å². The fourth-order valence-electron chi connectivity index (χ4n) is 4.34. The van der Waals surface area contributed by atoms with Gasteiger partial charge in [0.15, 0.2) is 5.65 Å². The summed E-state index contributed by atoms with van der Waals surface area (Å²) in [7, 11) is 1.86. The minimum Gasteiger partial charge on any atom is -0.507 e. The molecule has 0 amide bonds. The molecule has 4 aromatic rings. The molecule has 1 aliphatic rings. The third-order valence-electron chi connectivity index (χ3n) is 5.84. The first-order chi connectivity index (χ1) is 15.8. The number of hydrogen-bond donors (Lipinski definition) is 2. The van der Waals surface area contributed by atoms with Gasteiger partial charge in [-0.1, -0.05) is 6.07 Å². The van der Waals surface area contributed by atoms with Crippen molar-refractivity contribution in [1.82, 2.24) is 35.3 Å². The lowest BCUT2D eigenvalue weighted by atomic mass is 10.0. The van der Waals surface area contributed by atoms with Crippen LogP contribution in [0.2, 0.25) is 0 Å². The van der Waals surface area contributed by atoms with Crippen molar-refractivity contribution in [3.05, 3.63) is 42.9 Å². The van der Waals surface area contributed by atoms with Gasteiger partial charge in [0.2, 0.25) is 5.95 Å². The third kappa shape index (κ3) is 5.63. The maximum atomic E-state index is 10.7. The molecular formula is C24H30Cl2N8O. The maximum absolute atomic E-state index is 10.7. The Labute approximate surface area is 216 Å². The predicted octanol–water partition coefficient (Wildman–Crippen LogP) is 4.00. The zero-order valence-electron chi connectivity index (χ0n) is 20.1. The number of nitrogens with zero attached hydrogens (tertiary/aromatic N) is 7. The van der Waals surface area contributed by atoms with Crippen LogP contribution in [-0.4, -0.2) is 59.7 Å². The van der Waals surface area contributed by atoms with Crippen LogP contribution < -0.4 is 10.2 Å². The van der Waals surface area contributed by atoms with E-state index >= 15 is 0 Å². The van der Waals surface area contributed by atoms with Gasteiger partial charge in [-0.25, -0.2) is 9.97 Å². The number of phenolic OH excluding ortho intramolecular Hbond substituents is 1. The number of nitrogens with one attached hydrogen (secondary N) is 1. The van der Waals surface area contributed by atoms with Crippen molar-refractivity contribution >= 4 is 41.8 Å². The van der Waals surface area contributed by atoms with Crippen LogP contribution in [0.15, 0.2) is 42.9 Å². The van der Waals surface area contributed by atoms with Gasteiger partial charge in [0.05, 0.1) is 12.4 Å². The molecule has 0 saturated carbocycles.